The van der Waals surface area contributed by atoms with Gasteiger partial charge in [0.2, 0.25) is 0 Å². The Morgan fingerprint density at radius 1 is 1.33 bits per heavy atom. The lowest BCUT2D eigenvalue weighted by Gasteiger charge is -1.99. The number of hydrogen-bond acceptors (Lipinski definition) is 2. The van der Waals surface area contributed by atoms with Gasteiger partial charge in [0.25, 0.3) is 0 Å². The minimum absolute atomic E-state index is 0.0641. The number of rotatable bonds is 1. The summed E-state index contributed by atoms with van der Waals surface area (Å²) in [5.74, 6) is 0.187. The van der Waals surface area contributed by atoms with Crippen LogP contribution in [0.1, 0.15) is 5.69 Å². The molecule has 0 aromatic carbocycles. The van der Waals surface area contributed by atoms with Gasteiger partial charge in [-0.3, -0.25) is 5.10 Å². The molecule has 2 aromatic rings. The predicted octanol–water partition coefficient (Wildman–Crippen LogP) is 3.34. The summed E-state index contributed by atoms with van der Waals surface area (Å²) in [6.07, 6.45) is -4.44. The third kappa shape index (κ3) is 1.99. The molecule has 0 spiro atoms. The van der Waals surface area contributed by atoms with Crippen LogP contribution in [0.15, 0.2) is 22.6 Å². The first-order valence-electron chi connectivity index (χ1n) is 3.85. The molecule has 80 valence electrons. The monoisotopic (exact) mass is 236 g/mol. The Kier molecular flexibility index (Phi) is 2.22. The summed E-state index contributed by atoms with van der Waals surface area (Å²) in [5, 5.41) is 5.44. The first kappa shape index (κ1) is 10.1. The van der Waals surface area contributed by atoms with Crippen LogP contribution in [0.5, 0.6) is 0 Å². The van der Waals surface area contributed by atoms with Crippen molar-refractivity contribution >= 4 is 11.6 Å². The first-order chi connectivity index (χ1) is 6.97. The van der Waals surface area contributed by atoms with Gasteiger partial charge in [-0.15, -0.1) is 0 Å². The number of nitrogens with zero attached hydrogens (tertiary/aromatic N) is 1. The van der Waals surface area contributed by atoms with Crippen molar-refractivity contribution in [3.63, 3.8) is 0 Å². The average Bonchev–Trinajstić information content (AvgIpc) is 2.69. The van der Waals surface area contributed by atoms with Crippen LogP contribution in [0.4, 0.5) is 13.2 Å². The minimum atomic E-state index is -4.44. The second-order valence-corrected chi connectivity index (χ2v) is 3.14. The quantitative estimate of drug-likeness (QED) is 0.825. The van der Waals surface area contributed by atoms with Crippen LogP contribution in [-0.2, 0) is 6.18 Å². The molecule has 2 heterocycles. The predicted molar refractivity (Wildman–Crippen MR) is 46.3 cm³/mol. The molecule has 2 aromatic heterocycles. The second kappa shape index (κ2) is 3.30. The van der Waals surface area contributed by atoms with E-state index >= 15 is 0 Å². The molecule has 0 saturated heterocycles. The van der Waals surface area contributed by atoms with Gasteiger partial charge in [-0.2, -0.15) is 18.3 Å². The van der Waals surface area contributed by atoms with E-state index in [1.165, 1.54) is 12.1 Å². The lowest BCUT2D eigenvalue weighted by Crippen LogP contribution is -2.04. The van der Waals surface area contributed by atoms with Gasteiger partial charge in [-0.05, 0) is 29.8 Å². The smallest absolute Gasteiger partial charge is 0.432 e. The molecule has 0 amide bonds. The first-order valence-corrected chi connectivity index (χ1v) is 4.23. The normalized spacial score (nSPS) is 12.0. The molecule has 1 N–H and O–H groups in total. The van der Waals surface area contributed by atoms with Crippen LogP contribution in [0.3, 0.4) is 0 Å². The average molecular weight is 237 g/mol. The summed E-state index contributed by atoms with van der Waals surface area (Å²) in [4.78, 5) is 0. The van der Waals surface area contributed by atoms with E-state index in [2.05, 4.69) is 5.10 Å². The van der Waals surface area contributed by atoms with E-state index in [1.54, 1.807) is 0 Å². The van der Waals surface area contributed by atoms with Crippen molar-refractivity contribution in [3.8, 4) is 11.5 Å². The third-order valence-corrected chi connectivity index (χ3v) is 1.91. The number of furan rings is 1. The fourth-order valence-corrected chi connectivity index (χ4v) is 1.19. The molecule has 2 rings (SSSR count). The molecule has 0 fully saturated rings. The van der Waals surface area contributed by atoms with E-state index in [9.17, 15) is 13.2 Å². The lowest BCUT2D eigenvalue weighted by atomic mass is 10.3. The summed E-state index contributed by atoms with van der Waals surface area (Å²) in [6.45, 7) is 0. The molecule has 0 radical (unpaired) electrons. The maximum absolute atomic E-state index is 12.2. The number of aromatic amines is 1. The number of hydrogen-bond donors (Lipinski definition) is 1. The second-order valence-electron chi connectivity index (χ2n) is 2.77. The molecule has 0 atom stereocenters. The molecule has 0 bridgehead atoms. The van der Waals surface area contributed by atoms with Gasteiger partial charge in [-0.1, -0.05) is 0 Å². The van der Waals surface area contributed by atoms with E-state index in [-0.39, 0.29) is 16.7 Å². The van der Waals surface area contributed by atoms with Gasteiger partial charge in [0.1, 0.15) is 11.4 Å². The zero-order chi connectivity index (χ0) is 11.1. The molecule has 7 heteroatoms. The van der Waals surface area contributed by atoms with Crippen LogP contribution < -0.4 is 0 Å². The van der Waals surface area contributed by atoms with Crippen LogP contribution in [0.2, 0.25) is 5.22 Å². The summed E-state index contributed by atoms with van der Waals surface area (Å²) < 4.78 is 41.5. The molecule has 0 unspecified atom stereocenters. The Bertz CT molecular complexity index is 474. The SMILES string of the molecule is FC(F)(F)c1cc(-c2ccc(Cl)o2)n[nH]1. The van der Waals surface area contributed by atoms with E-state index < -0.39 is 11.9 Å². The van der Waals surface area contributed by atoms with Gasteiger partial charge in [0.15, 0.2) is 11.0 Å². The zero-order valence-electron chi connectivity index (χ0n) is 7.10. The van der Waals surface area contributed by atoms with Gasteiger partial charge in [0.05, 0.1) is 0 Å². The third-order valence-electron chi connectivity index (χ3n) is 1.71. The van der Waals surface area contributed by atoms with E-state index in [0.29, 0.717) is 0 Å². The van der Waals surface area contributed by atoms with Crippen LogP contribution >= 0.6 is 11.6 Å². The van der Waals surface area contributed by atoms with Crippen molar-refractivity contribution in [2.75, 3.05) is 0 Å². The lowest BCUT2D eigenvalue weighted by molar-refractivity contribution is -0.141. The van der Waals surface area contributed by atoms with Crippen molar-refractivity contribution in [1.82, 2.24) is 10.2 Å². The topological polar surface area (TPSA) is 41.8 Å². The number of aromatic nitrogens is 2. The number of H-pyrrole nitrogens is 1. The zero-order valence-corrected chi connectivity index (χ0v) is 7.86. The summed E-state index contributed by atoms with van der Waals surface area (Å²) >= 11 is 5.48. The maximum atomic E-state index is 12.2. The highest BCUT2D eigenvalue weighted by Crippen LogP contribution is 2.31. The van der Waals surface area contributed by atoms with Crippen molar-refractivity contribution in [1.29, 1.82) is 0 Å². The highest BCUT2D eigenvalue weighted by atomic mass is 35.5. The molecule has 3 nitrogen and oxygen atoms in total. The van der Waals surface area contributed by atoms with Crippen molar-refractivity contribution in [2.24, 2.45) is 0 Å². The van der Waals surface area contributed by atoms with E-state index in [0.717, 1.165) is 6.07 Å². The highest BCUT2D eigenvalue weighted by molar-refractivity contribution is 6.28. The Hall–Kier alpha value is -1.43. The van der Waals surface area contributed by atoms with E-state index in [4.69, 9.17) is 16.0 Å². The molecule has 0 aliphatic heterocycles. The Labute approximate surface area is 86.8 Å². The number of halogens is 4. The van der Waals surface area contributed by atoms with E-state index in [1.807, 2.05) is 5.10 Å². The van der Waals surface area contributed by atoms with Crippen LogP contribution in [0.25, 0.3) is 11.5 Å². The number of nitrogens with one attached hydrogen (secondary N) is 1. The Balaban J connectivity index is 2.36. The fraction of sp³-hybridized carbons (Fsp3) is 0.125. The summed E-state index contributed by atoms with van der Waals surface area (Å²) in [5.41, 5.74) is -0.862. The molecular formula is C8H4ClF3N2O. The van der Waals surface area contributed by atoms with Crippen LogP contribution in [0, 0.1) is 0 Å². The molecule has 0 aliphatic rings. The van der Waals surface area contributed by atoms with Crippen molar-refractivity contribution in [3.05, 3.63) is 29.1 Å². The van der Waals surface area contributed by atoms with Gasteiger partial charge in [-0.25, -0.2) is 0 Å². The Morgan fingerprint density at radius 2 is 2.07 bits per heavy atom. The van der Waals surface area contributed by atoms with Gasteiger partial charge >= 0.3 is 6.18 Å². The summed E-state index contributed by atoms with van der Waals surface area (Å²) in [6, 6.07) is 3.73. The molecule has 15 heavy (non-hydrogen) atoms. The van der Waals surface area contributed by atoms with Crippen LogP contribution in [-0.4, -0.2) is 10.2 Å². The fourth-order valence-electron chi connectivity index (χ4n) is 1.05. The molecular weight excluding hydrogens is 233 g/mol. The van der Waals surface area contributed by atoms with Crippen molar-refractivity contribution in [2.45, 2.75) is 6.18 Å². The molecule has 0 saturated carbocycles. The number of alkyl halides is 3. The maximum Gasteiger partial charge on any atom is 0.432 e. The highest BCUT2D eigenvalue weighted by Gasteiger charge is 2.33. The standard InChI is InChI=1S/C8H4ClF3N2O/c9-7-2-1-5(15-7)4-3-6(14-13-4)8(10,11)12/h1-3H,(H,13,14). The van der Waals surface area contributed by atoms with Crippen molar-refractivity contribution < 1.29 is 17.6 Å². The minimum Gasteiger partial charge on any atom is -0.443 e. The summed E-state index contributed by atoms with van der Waals surface area (Å²) in [7, 11) is 0. The largest absolute Gasteiger partial charge is 0.443 e. The molecule has 0 aliphatic carbocycles. The van der Waals surface area contributed by atoms with Gasteiger partial charge in [0, 0.05) is 0 Å². The Morgan fingerprint density at radius 3 is 2.53 bits per heavy atom. The van der Waals surface area contributed by atoms with Gasteiger partial charge < -0.3 is 4.42 Å².